The van der Waals surface area contributed by atoms with Crippen LogP contribution in [0.15, 0.2) is 0 Å². The van der Waals surface area contributed by atoms with Gasteiger partial charge in [0, 0.05) is 13.6 Å². The van der Waals surface area contributed by atoms with Crippen molar-refractivity contribution in [3.05, 3.63) is 0 Å². The maximum Gasteiger partial charge on any atom is 0.236 e. The van der Waals surface area contributed by atoms with Crippen LogP contribution in [0, 0.1) is 5.41 Å². The number of nitrogens with two attached hydrogens (primary N) is 1. The van der Waals surface area contributed by atoms with Crippen LogP contribution in [0.2, 0.25) is 0 Å². The number of nitrogens with one attached hydrogen (secondary N) is 1. The highest BCUT2D eigenvalue weighted by Crippen LogP contribution is 2.16. The number of likely N-dealkylation sites (N-methyl/N-ethyl adjacent to an activating group) is 2. The van der Waals surface area contributed by atoms with Crippen molar-refractivity contribution in [1.29, 1.82) is 0 Å². The molecule has 0 radical (unpaired) electrons. The van der Waals surface area contributed by atoms with Crippen LogP contribution in [0.1, 0.15) is 27.7 Å². The van der Waals surface area contributed by atoms with Crippen molar-refractivity contribution in [2.45, 2.75) is 33.7 Å². The third kappa shape index (κ3) is 4.62. The number of hydrogen-bond acceptors (Lipinski definition) is 3. The van der Waals surface area contributed by atoms with Crippen LogP contribution in [0.4, 0.5) is 0 Å². The highest BCUT2D eigenvalue weighted by Gasteiger charge is 2.25. The molecule has 4 heteroatoms. The third-order valence-corrected chi connectivity index (χ3v) is 2.76. The topological polar surface area (TPSA) is 58.4 Å². The molecule has 0 aromatic rings. The van der Waals surface area contributed by atoms with Crippen molar-refractivity contribution < 1.29 is 4.79 Å². The Morgan fingerprint density at radius 3 is 2.40 bits per heavy atom. The molecule has 0 aliphatic carbocycles. The van der Waals surface area contributed by atoms with Crippen molar-refractivity contribution >= 4 is 5.91 Å². The van der Waals surface area contributed by atoms with Gasteiger partial charge in [-0.15, -0.1) is 0 Å². The number of carbonyl (C=O) groups excluding carboxylic acids is 1. The average Bonchev–Trinajstić information content (AvgIpc) is 2.23. The Labute approximate surface area is 93.2 Å². The Balaban J connectivity index is 4.43. The molecule has 0 saturated heterocycles. The molecule has 15 heavy (non-hydrogen) atoms. The van der Waals surface area contributed by atoms with Crippen molar-refractivity contribution in [3.8, 4) is 0 Å². The molecule has 0 aliphatic rings. The van der Waals surface area contributed by atoms with Crippen LogP contribution >= 0.6 is 0 Å². The molecule has 4 nitrogen and oxygen atoms in total. The van der Waals surface area contributed by atoms with Crippen molar-refractivity contribution in [2.24, 2.45) is 11.1 Å². The molecule has 1 unspecified atom stereocenters. The molecule has 1 amide bonds. The summed E-state index contributed by atoms with van der Waals surface area (Å²) in [5, 5.41) is 2.67. The minimum Gasteiger partial charge on any atom is -0.358 e. The van der Waals surface area contributed by atoms with E-state index >= 15 is 0 Å². The van der Waals surface area contributed by atoms with Crippen molar-refractivity contribution in [2.75, 3.05) is 26.7 Å². The molecular formula is C11H25N3O. The molecule has 90 valence electrons. The lowest BCUT2D eigenvalue weighted by Gasteiger charge is -2.34. The highest BCUT2D eigenvalue weighted by atomic mass is 16.2. The summed E-state index contributed by atoms with van der Waals surface area (Å²) in [6, 6.07) is -0.0918. The Hall–Kier alpha value is -0.610. The van der Waals surface area contributed by atoms with E-state index in [4.69, 9.17) is 5.73 Å². The first kappa shape index (κ1) is 14.4. The molecule has 0 rings (SSSR count). The van der Waals surface area contributed by atoms with Crippen LogP contribution in [0.5, 0.6) is 0 Å². The first-order chi connectivity index (χ1) is 6.87. The first-order valence-corrected chi connectivity index (χ1v) is 5.53. The molecule has 0 aromatic heterocycles. The molecule has 0 saturated carbocycles. The van der Waals surface area contributed by atoms with Crippen LogP contribution in [0.25, 0.3) is 0 Å². The van der Waals surface area contributed by atoms with E-state index in [0.29, 0.717) is 6.54 Å². The zero-order valence-corrected chi connectivity index (χ0v) is 10.6. The summed E-state index contributed by atoms with van der Waals surface area (Å²) in [6.45, 7) is 10.6. The second kappa shape index (κ2) is 6.08. The number of amides is 1. The Kier molecular flexibility index (Phi) is 5.83. The smallest absolute Gasteiger partial charge is 0.236 e. The van der Waals surface area contributed by atoms with Gasteiger partial charge in [0.05, 0.1) is 6.04 Å². The van der Waals surface area contributed by atoms with E-state index in [-0.39, 0.29) is 17.4 Å². The van der Waals surface area contributed by atoms with Gasteiger partial charge < -0.3 is 11.1 Å². The number of hydrogen-bond donors (Lipinski definition) is 2. The summed E-state index contributed by atoms with van der Waals surface area (Å²) in [4.78, 5) is 13.6. The molecule has 0 heterocycles. The van der Waals surface area contributed by atoms with Gasteiger partial charge in [-0.25, -0.2) is 0 Å². The lowest BCUT2D eigenvalue weighted by molar-refractivity contribution is -0.125. The Morgan fingerprint density at radius 1 is 1.53 bits per heavy atom. The maximum atomic E-state index is 11.5. The molecule has 1 atom stereocenters. The average molecular weight is 215 g/mol. The lowest BCUT2D eigenvalue weighted by atomic mass is 9.92. The van der Waals surface area contributed by atoms with E-state index in [1.165, 1.54) is 0 Å². The van der Waals surface area contributed by atoms with Gasteiger partial charge in [-0.2, -0.15) is 0 Å². The van der Waals surface area contributed by atoms with E-state index in [9.17, 15) is 4.79 Å². The summed E-state index contributed by atoms with van der Waals surface area (Å²) in [7, 11) is 1.67. The predicted octanol–water partition coefficient (Wildman–Crippen LogP) is 0.428. The highest BCUT2D eigenvalue weighted by molar-refractivity contribution is 5.80. The van der Waals surface area contributed by atoms with Gasteiger partial charge in [-0.1, -0.05) is 20.8 Å². The van der Waals surface area contributed by atoms with Crippen LogP contribution < -0.4 is 11.1 Å². The van der Waals surface area contributed by atoms with Crippen molar-refractivity contribution in [3.63, 3.8) is 0 Å². The largest absolute Gasteiger partial charge is 0.358 e. The van der Waals surface area contributed by atoms with E-state index in [1.807, 2.05) is 6.92 Å². The lowest BCUT2D eigenvalue weighted by Crippen LogP contribution is -2.48. The van der Waals surface area contributed by atoms with E-state index in [1.54, 1.807) is 7.05 Å². The summed E-state index contributed by atoms with van der Waals surface area (Å²) >= 11 is 0. The summed E-state index contributed by atoms with van der Waals surface area (Å²) < 4.78 is 0. The second-order valence-corrected chi connectivity index (χ2v) is 4.72. The molecule has 0 bridgehead atoms. The fourth-order valence-electron chi connectivity index (χ4n) is 1.51. The number of rotatable bonds is 6. The van der Waals surface area contributed by atoms with E-state index in [0.717, 1.165) is 13.1 Å². The predicted molar refractivity (Wildman–Crippen MR) is 63.6 cm³/mol. The summed E-state index contributed by atoms with van der Waals surface area (Å²) in [5.74, 6) is 0.0599. The fraction of sp³-hybridized carbons (Fsp3) is 0.909. The van der Waals surface area contributed by atoms with Crippen LogP contribution in [-0.4, -0.2) is 43.5 Å². The normalized spacial score (nSPS) is 14.1. The van der Waals surface area contributed by atoms with Gasteiger partial charge in [0.15, 0.2) is 0 Å². The van der Waals surface area contributed by atoms with Gasteiger partial charge in [-0.05, 0) is 25.4 Å². The molecule has 0 aromatic carbocycles. The van der Waals surface area contributed by atoms with Crippen molar-refractivity contribution in [1.82, 2.24) is 10.2 Å². The molecule has 0 spiro atoms. The Morgan fingerprint density at radius 2 is 2.07 bits per heavy atom. The molecular weight excluding hydrogens is 190 g/mol. The zero-order valence-electron chi connectivity index (χ0n) is 10.6. The molecule has 0 aliphatic heterocycles. The minimum absolute atomic E-state index is 0.0539. The fourth-order valence-corrected chi connectivity index (χ4v) is 1.51. The quantitative estimate of drug-likeness (QED) is 0.675. The number of carbonyl (C=O) groups is 1. The van der Waals surface area contributed by atoms with Gasteiger partial charge in [0.25, 0.3) is 0 Å². The number of nitrogens with zero attached hydrogens (tertiary/aromatic N) is 1. The third-order valence-electron chi connectivity index (χ3n) is 2.76. The monoisotopic (exact) mass is 215 g/mol. The van der Waals surface area contributed by atoms with Gasteiger partial charge in [0.2, 0.25) is 5.91 Å². The molecule has 3 N–H and O–H groups in total. The molecule has 0 fully saturated rings. The van der Waals surface area contributed by atoms with E-state index in [2.05, 4.69) is 31.0 Å². The van der Waals surface area contributed by atoms with E-state index < -0.39 is 0 Å². The maximum absolute atomic E-state index is 11.5. The van der Waals surface area contributed by atoms with Crippen LogP contribution in [0.3, 0.4) is 0 Å². The second-order valence-electron chi connectivity index (χ2n) is 4.72. The van der Waals surface area contributed by atoms with Gasteiger partial charge in [0.1, 0.15) is 0 Å². The standard InChI is InChI=1S/C11H25N3O/c1-6-14(8-11(3,4)7-12)9(2)10(15)13-5/h9H,6-8,12H2,1-5H3,(H,13,15). The van der Waals surface area contributed by atoms with Gasteiger partial charge in [-0.3, -0.25) is 9.69 Å². The van der Waals surface area contributed by atoms with Crippen LogP contribution in [-0.2, 0) is 4.79 Å². The SMILES string of the molecule is CCN(CC(C)(C)CN)C(C)C(=O)NC. The minimum atomic E-state index is -0.0918. The summed E-state index contributed by atoms with van der Waals surface area (Å²) in [5.41, 5.74) is 5.74. The zero-order chi connectivity index (χ0) is 12.1. The van der Waals surface area contributed by atoms with Gasteiger partial charge >= 0.3 is 0 Å². The Bertz CT molecular complexity index is 204. The summed E-state index contributed by atoms with van der Waals surface area (Å²) in [6.07, 6.45) is 0. The first-order valence-electron chi connectivity index (χ1n) is 5.53.